The van der Waals surface area contributed by atoms with E-state index in [-0.39, 0.29) is 0 Å². The van der Waals surface area contributed by atoms with Gasteiger partial charge in [0.2, 0.25) is 5.95 Å². The van der Waals surface area contributed by atoms with Gasteiger partial charge in [0.05, 0.1) is 23.5 Å². The van der Waals surface area contributed by atoms with Gasteiger partial charge >= 0.3 is 0 Å². The first kappa shape index (κ1) is 14.8. The van der Waals surface area contributed by atoms with Crippen molar-refractivity contribution in [2.45, 2.75) is 0 Å². The lowest BCUT2D eigenvalue weighted by molar-refractivity contribution is 0.210. The zero-order chi connectivity index (χ0) is 14.4. The monoisotopic (exact) mass is 313 g/mol. The summed E-state index contributed by atoms with van der Waals surface area (Å²) < 4.78 is 4.94. The van der Waals surface area contributed by atoms with Crippen LogP contribution >= 0.6 is 23.2 Å². The van der Waals surface area contributed by atoms with Crippen LogP contribution in [0.4, 0.5) is 17.5 Å². The van der Waals surface area contributed by atoms with Gasteiger partial charge in [-0.3, -0.25) is 0 Å². The van der Waals surface area contributed by atoms with Crippen LogP contribution in [0.1, 0.15) is 0 Å². The average Bonchev–Trinajstić information content (AvgIpc) is 2.43. The lowest BCUT2D eigenvalue weighted by Gasteiger charge is -2.08. The Labute approximate surface area is 126 Å². The molecule has 106 valence electrons. The maximum atomic E-state index is 6.07. The topological polar surface area (TPSA) is 72.0 Å². The molecule has 8 heteroatoms. The third-order valence-corrected chi connectivity index (χ3v) is 2.90. The van der Waals surface area contributed by atoms with E-state index in [0.29, 0.717) is 40.7 Å². The molecule has 0 atom stereocenters. The van der Waals surface area contributed by atoms with Crippen LogP contribution in [-0.2, 0) is 4.74 Å². The molecule has 0 spiro atoms. The number of nitrogens with zero attached hydrogens (tertiary/aromatic N) is 3. The predicted octanol–water partition coefficient (Wildman–Crippen LogP) is 2.98. The minimum atomic E-state index is 0.344. The van der Waals surface area contributed by atoms with E-state index in [4.69, 9.17) is 27.9 Å². The maximum Gasteiger partial charge on any atom is 0.249 e. The lowest BCUT2D eigenvalue weighted by Crippen LogP contribution is -2.10. The molecule has 1 heterocycles. The number of rotatable bonds is 6. The van der Waals surface area contributed by atoms with E-state index in [9.17, 15) is 0 Å². The van der Waals surface area contributed by atoms with E-state index >= 15 is 0 Å². The third kappa shape index (κ3) is 4.19. The van der Waals surface area contributed by atoms with Gasteiger partial charge in [-0.1, -0.05) is 23.2 Å². The van der Waals surface area contributed by atoms with Gasteiger partial charge in [0.15, 0.2) is 5.82 Å². The average molecular weight is 314 g/mol. The fraction of sp³-hybridized carbons (Fsp3) is 0.250. The lowest BCUT2D eigenvalue weighted by atomic mass is 10.3. The van der Waals surface area contributed by atoms with Crippen molar-refractivity contribution < 1.29 is 4.74 Å². The Morgan fingerprint density at radius 3 is 2.90 bits per heavy atom. The summed E-state index contributed by atoms with van der Waals surface area (Å²) >= 11 is 11.9. The van der Waals surface area contributed by atoms with E-state index in [2.05, 4.69) is 25.8 Å². The highest BCUT2D eigenvalue weighted by Crippen LogP contribution is 2.27. The molecule has 0 unspecified atom stereocenters. The molecule has 1 aromatic carbocycles. The van der Waals surface area contributed by atoms with Gasteiger partial charge in [-0.15, -0.1) is 5.10 Å². The molecule has 0 radical (unpaired) electrons. The molecule has 0 aliphatic carbocycles. The van der Waals surface area contributed by atoms with Crippen molar-refractivity contribution >= 4 is 40.7 Å². The summed E-state index contributed by atoms with van der Waals surface area (Å²) in [5, 5.41) is 14.8. The first-order chi connectivity index (χ1) is 9.69. The summed E-state index contributed by atoms with van der Waals surface area (Å²) in [7, 11) is 1.63. The molecule has 1 aromatic heterocycles. The summed E-state index contributed by atoms with van der Waals surface area (Å²) in [5.74, 6) is 0.946. The van der Waals surface area contributed by atoms with Gasteiger partial charge < -0.3 is 15.4 Å². The van der Waals surface area contributed by atoms with Crippen molar-refractivity contribution in [2.24, 2.45) is 0 Å². The van der Waals surface area contributed by atoms with Crippen molar-refractivity contribution in [1.82, 2.24) is 15.2 Å². The molecular weight excluding hydrogens is 301 g/mol. The van der Waals surface area contributed by atoms with Crippen molar-refractivity contribution in [3.05, 3.63) is 34.4 Å². The van der Waals surface area contributed by atoms with Gasteiger partial charge in [-0.25, -0.2) is 0 Å². The first-order valence-corrected chi connectivity index (χ1v) is 6.59. The van der Waals surface area contributed by atoms with Crippen LogP contribution in [0.15, 0.2) is 24.4 Å². The van der Waals surface area contributed by atoms with Crippen LogP contribution in [0, 0.1) is 0 Å². The Bertz CT molecular complexity index is 582. The Morgan fingerprint density at radius 1 is 1.30 bits per heavy atom. The van der Waals surface area contributed by atoms with Crippen LogP contribution in [-0.4, -0.2) is 35.4 Å². The fourth-order valence-electron chi connectivity index (χ4n) is 1.43. The second kappa shape index (κ2) is 7.23. The van der Waals surface area contributed by atoms with Crippen molar-refractivity contribution in [1.29, 1.82) is 0 Å². The zero-order valence-corrected chi connectivity index (χ0v) is 12.2. The molecule has 0 amide bonds. The quantitative estimate of drug-likeness (QED) is 0.799. The summed E-state index contributed by atoms with van der Waals surface area (Å²) in [4.78, 5) is 4.26. The minimum Gasteiger partial charge on any atom is -0.383 e. The second-order valence-corrected chi connectivity index (χ2v) is 4.68. The number of aromatic nitrogens is 3. The summed E-state index contributed by atoms with van der Waals surface area (Å²) in [6.45, 7) is 1.21. The molecule has 2 aromatic rings. The standard InChI is InChI=1S/C12H13Cl2N5O/c1-20-5-4-15-11-7-16-19-12(18-11)17-10-3-2-8(13)6-9(10)14/h2-3,6-7H,4-5H2,1H3,(H2,15,17,18,19). The Kier molecular flexibility index (Phi) is 5.34. The van der Waals surface area contributed by atoms with Crippen LogP contribution in [0.5, 0.6) is 0 Å². The molecule has 6 nitrogen and oxygen atoms in total. The Balaban J connectivity index is 2.07. The van der Waals surface area contributed by atoms with Crippen LogP contribution in [0.3, 0.4) is 0 Å². The highest BCUT2D eigenvalue weighted by atomic mass is 35.5. The van der Waals surface area contributed by atoms with Crippen molar-refractivity contribution in [3.8, 4) is 0 Å². The maximum absolute atomic E-state index is 6.07. The predicted molar refractivity (Wildman–Crippen MR) is 79.9 cm³/mol. The molecule has 0 bridgehead atoms. The highest BCUT2D eigenvalue weighted by molar-refractivity contribution is 6.36. The van der Waals surface area contributed by atoms with Crippen LogP contribution < -0.4 is 10.6 Å². The first-order valence-electron chi connectivity index (χ1n) is 5.83. The molecule has 0 saturated carbocycles. The number of benzene rings is 1. The van der Waals surface area contributed by atoms with E-state index in [1.165, 1.54) is 6.20 Å². The number of halogens is 2. The number of anilines is 3. The molecule has 0 aliphatic rings. The smallest absolute Gasteiger partial charge is 0.249 e. The normalized spacial score (nSPS) is 10.3. The van der Waals surface area contributed by atoms with Gasteiger partial charge in [-0.2, -0.15) is 10.1 Å². The number of hydrogen-bond acceptors (Lipinski definition) is 6. The van der Waals surface area contributed by atoms with Gasteiger partial charge in [0.1, 0.15) is 0 Å². The minimum absolute atomic E-state index is 0.344. The third-order valence-electron chi connectivity index (χ3n) is 2.35. The SMILES string of the molecule is COCCNc1cnnc(Nc2ccc(Cl)cc2Cl)n1. The van der Waals surface area contributed by atoms with E-state index in [1.54, 1.807) is 25.3 Å². The molecule has 2 N–H and O–H groups in total. The molecule has 0 saturated heterocycles. The molecule has 2 rings (SSSR count). The number of nitrogens with one attached hydrogen (secondary N) is 2. The van der Waals surface area contributed by atoms with E-state index in [1.807, 2.05) is 0 Å². The summed E-state index contributed by atoms with van der Waals surface area (Å²) in [6.07, 6.45) is 1.53. The van der Waals surface area contributed by atoms with E-state index < -0.39 is 0 Å². The Hall–Kier alpha value is -1.63. The highest BCUT2D eigenvalue weighted by Gasteiger charge is 2.05. The van der Waals surface area contributed by atoms with E-state index in [0.717, 1.165) is 0 Å². The van der Waals surface area contributed by atoms with Gasteiger partial charge in [0, 0.05) is 18.7 Å². The van der Waals surface area contributed by atoms with Crippen molar-refractivity contribution in [3.63, 3.8) is 0 Å². The molecular formula is C12H13Cl2N5O. The van der Waals surface area contributed by atoms with Gasteiger partial charge in [-0.05, 0) is 18.2 Å². The van der Waals surface area contributed by atoms with Crippen LogP contribution in [0.25, 0.3) is 0 Å². The van der Waals surface area contributed by atoms with Crippen molar-refractivity contribution in [2.75, 3.05) is 30.9 Å². The summed E-state index contributed by atoms with van der Waals surface area (Å²) in [5.41, 5.74) is 0.659. The number of hydrogen-bond donors (Lipinski definition) is 2. The Morgan fingerprint density at radius 2 is 2.15 bits per heavy atom. The summed E-state index contributed by atoms with van der Waals surface area (Å²) in [6, 6.07) is 5.11. The number of ether oxygens (including phenoxy) is 1. The number of methoxy groups -OCH3 is 1. The molecule has 0 aliphatic heterocycles. The largest absolute Gasteiger partial charge is 0.383 e. The molecule has 0 fully saturated rings. The fourth-order valence-corrected chi connectivity index (χ4v) is 1.89. The van der Waals surface area contributed by atoms with Crippen LogP contribution in [0.2, 0.25) is 10.0 Å². The molecule has 20 heavy (non-hydrogen) atoms. The van der Waals surface area contributed by atoms with Gasteiger partial charge in [0.25, 0.3) is 0 Å². The second-order valence-electron chi connectivity index (χ2n) is 3.83. The zero-order valence-electron chi connectivity index (χ0n) is 10.7.